The summed E-state index contributed by atoms with van der Waals surface area (Å²) in [6, 6.07) is 10.1. The summed E-state index contributed by atoms with van der Waals surface area (Å²) in [4.78, 5) is 10.5. The van der Waals surface area contributed by atoms with Gasteiger partial charge >= 0.3 is 5.97 Å². The molecule has 0 saturated carbocycles. The third-order valence-corrected chi connectivity index (χ3v) is 5.96. The first-order valence-corrected chi connectivity index (χ1v) is 10.2. The molecular formula is C24H30O4. The highest BCUT2D eigenvalue weighted by Gasteiger charge is 2.46. The molecule has 0 radical (unpaired) electrons. The third-order valence-electron chi connectivity index (χ3n) is 5.96. The summed E-state index contributed by atoms with van der Waals surface area (Å²) in [7, 11) is 0. The summed E-state index contributed by atoms with van der Waals surface area (Å²) in [5, 5.41) is 19.2. The van der Waals surface area contributed by atoms with Crippen molar-refractivity contribution in [2.75, 3.05) is 0 Å². The van der Waals surface area contributed by atoms with E-state index in [2.05, 4.69) is 24.3 Å². The number of carboxylic acids is 1. The SMILES string of the molecule is C[C@@H](c1ccccc1)[C@H](O)/C=C/[C@@H]1C2CCC(O2)[C@@H]1C/C=C\C/C=C/C(=O)O. The van der Waals surface area contributed by atoms with Gasteiger partial charge in [0.1, 0.15) is 0 Å². The van der Waals surface area contributed by atoms with E-state index in [1.165, 1.54) is 6.08 Å². The number of hydrogen-bond donors (Lipinski definition) is 2. The summed E-state index contributed by atoms with van der Waals surface area (Å²) >= 11 is 0. The second-order valence-electron chi connectivity index (χ2n) is 7.79. The number of benzene rings is 1. The van der Waals surface area contributed by atoms with Gasteiger partial charge in [-0.05, 0) is 37.2 Å². The Morgan fingerprint density at radius 1 is 1.18 bits per heavy atom. The van der Waals surface area contributed by atoms with Crippen LogP contribution in [-0.4, -0.2) is 34.5 Å². The van der Waals surface area contributed by atoms with Crippen LogP contribution in [-0.2, 0) is 9.53 Å². The number of aliphatic carboxylic acids is 1. The molecule has 2 fully saturated rings. The normalized spacial score (nSPS) is 29.2. The quantitative estimate of drug-likeness (QED) is 0.488. The predicted octanol–water partition coefficient (Wildman–Crippen LogP) is 4.48. The maximum absolute atomic E-state index is 10.6. The lowest BCUT2D eigenvalue weighted by Crippen LogP contribution is -2.26. The standard InChI is InChI=1S/C24H30O4/c1-17(18-9-5-4-6-10-18)21(25)14-13-20-19(22-15-16-23(20)28-22)11-7-2-3-8-12-24(26)27/h2,4-10,12-14,17,19-23,25H,3,11,15-16H2,1H3,(H,26,27)/b7-2-,12-8+,14-13+/t17-,19+,20-,21+,22?,23?/m0/s1. The zero-order valence-electron chi connectivity index (χ0n) is 16.4. The van der Waals surface area contributed by atoms with Crippen LogP contribution in [0.3, 0.4) is 0 Å². The fourth-order valence-electron chi connectivity index (χ4n) is 4.35. The minimum absolute atomic E-state index is 0.0522. The van der Waals surface area contributed by atoms with Crippen molar-refractivity contribution in [1.29, 1.82) is 0 Å². The van der Waals surface area contributed by atoms with E-state index in [0.717, 1.165) is 24.8 Å². The van der Waals surface area contributed by atoms with Gasteiger partial charge in [0.05, 0.1) is 18.3 Å². The van der Waals surface area contributed by atoms with Gasteiger partial charge in [-0.2, -0.15) is 0 Å². The van der Waals surface area contributed by atoms with Crippen LogP contribution in [0.25, 0.3) is 0 Å². The average Bonchev–Trinajstić information content (AvgIpc) is 3.30. The largest absolute Gasteiger partial charge is 0.478 e. The summed E-state index contributed by atoms with van der Waals surface area (Å²) < 4.78 is 6.13. The fraction of sp³-hybridized carbons (Fsp3) is 0.458. The summed E-state index contributed by atoms with van der Waals surface area (Å²) in [6.07, 6.45) is 14.8. The van der Waals surface area contributed by atoms with Crippen LogP contribution in [0, 0.1) is 11.8 Å². The number of hydrogen-bond acceptors (Lipinski definition) is 3. The Morgan fingerprint density at radius 3 is 2.68 bits per heavy atom. The Morgan fingerprint density at radius 2 is 1.93 bits per heavy atom. The van der Waals surface area contributed by atoms with Gasteiger partial charge in [-0.3, -0.25) is 0 Å². The van der Waals surface area contributed by atoms with Crippen molar-refractivity contribution in [2.24, 2.45) is 11.8 Å². The summed E-state index contributed by atoms with van der Waals surface area (Å²) in [5.41, 5.74) is 1.14. The first kappa shape index (κ1) is 20.6. The summed E-state index contributed by atoms with van der Waals surface area (Å²) in [6.45, 7) is 2.05. The van der Waals surface area contributed by atoms with Crippen LogP contribution in [0.1, 0.15) is 44.1 Å². The number of ether oxygens (including phenoxy) is 1. The molecule has 0 spiro atoms. The Labute approximate surface area is 167 Å². The van der Waals surface area contributed by atoms with Crippen molar-refractivity contribution < 1.29 is 19.7 Å². The molecule has 2 unspecified atom stereocenters. The molecule has 1 aromatic carbocycles. The molecule has 2 heterocycles. The zero-order valence-corrected chi connectivity index (χ0v) is 16.4. The van der Waals surface area contributed by atoms with Gasteiger partial charge < -0.3 is 14.9 Å². The van der Waals surface area contributed by atoms with Crippen LogP contribution in [0.15, 0.2) is 66.8 Å². The zero-order chi connectivity index (χ0) is 19.9. The molecule has 6 atom stereocenters. The number of carboxylic acid groups (broad SMARTS) is 1. The highest BCUT2D eigenvalue weighted by molar-refractivity contribution is 5.79. The lowest BCUT2D eigenvalue weighted by molar-refractivity contribution is -0.131. The summed E-state index contributed by atoms with van der Waals surface area (Å²) in [5.74, 6) is -0.107. The second-order valence-corrected chi connectivity index (χ2v) is 7.79. The maximum Gasteiger partial charge on any atom is 0.327 e. The smallest absolute Gasteiger partial charge is 0.327 e. The van der Waals surface area contributed by atoms with Gasteiger partial charge in [0, 0.05) is 17.9 Å². The van der Waals surface area contributed by atoms with Gasteiger partial charge in [0.25, 0.3) is 0 Å². The van der Waals surface area contributed by atoms with Gasteiger partial charge in [0.15, 0.2) is 0 Å². The van der Waals surface area contributed by atoms with Crippen molar-refractivity contribution in [3.63, 3.8) is 0 Å². The van der Waals surface area contributed by atoms with E-state index in [9.17, 15) is 9.90 Å². The van der Waals surface area contributed by atoms with Gasteiger partial charge in [-0.15, -0.1) is 0 Å². The minimum atomic E-state index is -0.914. The Bertz CT molecular complexity index is 721. The van der Waals surface area contributed by atoms with E-state index in [4.69, 9.17) is 9.84 Å². The molecule has 2 aliphatic rings. The van der Waals surface area contributed by atoms with Crippen molar-refractivity contribution in [3.8, 4) is 0 Å². The predicted molar refractivity (Wildman–Crippen MR) is 110 cm³/mol. The average molecular weight is 383 g/mol. The van der Waals surface area contributed by atoms with E-state index in [1.54, 1.807) is 6.08 Å². The Balaban J connectivity index is 1.57. The van der Waals surface area contributed by atoms with Crippen LogP contribution in [0.2, 0.25) is 0 Å². The second kappa shape index (κ2) is 9.85. The van der Waals surface area contributed by atoms with Crippen molar-refractivity contribution in [1.82, 2.24) is 0 Å². The van der Waals surface area contributed by atoms with Gasteiger partial charge in [0.2, 0.25) is 0 Å². The van der Waals surface area contributed by atoms with Crippen LogP contribution in [0.5, 0.6) is 0 Å². The highest BCUT2D eigenvalue weighted by atomic mass is 16.5. The van der Waals surface area contributed by atoms with E-state index in [0.29, 0.717) is 24.4 Å². The van der Waals surface area contributed by atoms with Crippen molar-refractivity contribution >= 4 is 5.97 Å². The van der Waals surface area contributed by atoms with Crippen LogP contribution in [0.4, 0.5) is 0 Å². The first-order chi connectivity index (χ1) is 13.6. The molecule has 28 heavy (non-hydrogen) atoms. The number of allylic oxidation sites excluding steroid dienone is 3. The molecule has 0 aromatic heterocycles. The molecule has 4 heteroatoms. The van der Waals surface area contributed by atoms with Crippen LogP contribution >= 0.6 is 0 Å². The molecule has 0 amide bonds. The van der Waals surface area contributed by atoms with E-state index < -0.39 is 12.1 Å². The monoisotopic (exact) mass is 382 g/mol. The maximum atomic E-state index is 10.6. The Kier molecular flexibility index (Phi) is 7.24. The van der Waals surface area contributed by atoms with E-state index >= 15 is 0 Å². The lowest BCUT2D eigenvalue weighted by Gasteiger charge is -2.25. The number of rotatable bonds is 9. The third kappa shape index (κ3) is 5.21. The fourth-order valence-corrected chi connectivity index (χ4v) is 4.35. The number of aliphatic hydroxyl groups is 1. The lowest BCUT2D eigenvalue weighted by atomic mass is 9.77. The molecule has 2 saturated heterocycles. The molecule has 3 rings (SSSR count). The first-order valence-electron chi connectivity index (χ1n) is 10.2. The molecule has 2 aliphatic heterocycles. The molecule has 4 nitrogen and oxygen atoms in total. The topological polar surface area (TPSA) is 66.8 Å². The number of carbonyl (C=O) groups is 1. The molecule has 1 aromatic rings. The van der Waals surface area contributed by atoms with Crippen molar-refractivity contribution in [3.05, 3.63) is 72.4 Å². The molecule has 2 bridgehead atoms. The highest BCUT2D eigenvalue weighted by Crippen LogP contribution is 2.46. The minimum Gasteiger partial charge on any atom is -0.478 e. The number of fused-ring (bicyclic) bond motifs is 2. The van der Waals surface area contributed by atoms with E-state index in [-0.39, 0.29) is 12.0 Å². The van der Waals surface area contributed by atoms with Gasteiger partial charge in [-0.1, -0.05) is 67.6 Å². The molecule has 2 N–H and O–H groups in total. The molecular weight excluding hydrogens is 352 g/mol. The Hall–Kier alpha value is -2.17. The van der Waals surface area contributed by atoms with E-state index in [1.807, 2.05) is 37.3 Å². The number of aliphatic hydroxyl groups excluding tert-OH is 1. The molecule has 150 valence electrons. The van der Waals surface area contributed by atoms with Crippen molar-refractivity contribution in [2.45, 2.75) is 56.8 Å². The van der Waals surface area contributed by atoms with Gasteiger partial charge in [-0.25, -0.2) is 4.79 Å². The molecule has 0 aliphatic carbocycles. The van der Waals surface area contributed by atoms with Crippen LogP contribution < -0.4 is 0 Å².